The van der Waals surface area contributed by atoms with Crippen LogP contribution in [0.2, 0.25) is 0 Å². The second-order valence-corrected chi connectivity index (χ2v) is 8.13. The third-order valence-electron chi connectivity index (χ3n) is 5.56. The smallest absolute Gasteiger partial charge is 0.123 e. The van der Waals surface area contributed by atoms with Crippen molar-refractivity contribution in [3.05, 3.63) is 95.1 Å². The molecule has 1 unspecified atom stereocenters. The van der Waals surface area contributed by atoms with Crippen LogP contribution in [0.5, 0.6) is 0 Å². The Morgan fingerprint density at radius 1 is 0.893 bits per heavy atom. The number of nitrogens with zero attached hydrogens (tertiary/aromatic N) is 2. The molecule has 3 heteroatoms. The maximum Gasteiger partial charge on any atom is 0.123 e. The van der Waals surface area contributed by atoms with Gasteiger partial charge in [-0.25, -0.2) is 4.39 Å². The minimum Gasteiger partial charge on any atom is -0.346 e. The van der Waals surface area contributed by atoms with Crippen molar-refractivity contribution in [2.45, 2.75) is 53.4 Å². The van der Waals surface area contributed by atoms with E-state index in [2.05, 4.69) is 79.8 Å². The van der Waals surface area contributed by atoms with Gasteiger partial charge in [0.25, 0.3) is 0 Å². The maximum atomic E-state index is 13.2. The lowest BCUT2D eigenvalue weighted by Crippen LogP contribution is -2.36. The quantitative estimate of drug-likeness (QED) is 0.464. The van der Waals surface area contributed by atoms with Gasteiger partial charge in [-0.15, -0.1) is 0 Å². The second-order valence-electron chi connectivity index (χ2n) is 8.13. The van der Waals surface area contributed by atoms with Crippen molar-refractivity contribution in [3.8, 4) is 0 Å². The summed E-state index contributed by atoms with van der Waals surface area (Å²) in [5.41, 5.74) is 5.05. The Labute approximate surface area is 168 Å². The first kappa shape index (κ1) is 20.3. The summed E-state index contributed by atoms with van der Waals surface area (Å²) in [4.78, 5) is 2.55. The topological polar surface area (TPSA) is 8.17 Å². The van der Waals surface area contributed by atoms with Gasteiger partial charge < -0.3 is 4.57 Å². The van der Waals surface area contributed by atoms with E-state index in [1.807, 2.05) is 12.1 Å². The van der Waals surface area contributed by atoms with E-state index in [1.54, 1.807) is 0 Å². The summed E-state index contributed by atoms with van der Waals surface area (Å²) in [7, 11) is 0. The van der Waals surface area contributed by atoms with Crippen LogP contribution in [-0.4, -0.2) is 15.5 Å². The fraction of sp³-hybridized carbons (Fsp3) is 0.360. The summed E-state index contributed by atoms with van der Waals surface area (Å²) in [6.07, 6.45) is 2.11. The van der Waals surface area contributed by atoms with Crippen molar-refractivity contribution in [3.63, 3.8) is 0 Å². The highest BCUT2D eigenvalue weighted by Crippen LogP contribution is 2.20. The first-order chi connectivity index (χ1) is 13.4. The van der Waals surface area contributed by atoms with Gasteiger partial charge in [0.1, 0.15) is 5.82 Å². The molecule has 0 amide bonds. The third kappa shape index (κ3) is 5.32. The van der Waals surface area contributed by atoms with Gasteiger partial charge in [-0.1, -0.05) is 55.8 Å². The Morgan fingerprint density at radius 2 is 1.64 bits per heavy atom. The Bertz CT molecular complexity index is 880. The van der Waals surface area contributed by atoms with Gasteiger partial charge >= 0.3 is 0 Å². The molecule has 1 atom stereocenters. The van der Waals surface area contributed by atoms with Crippen LogP contribution < -0.4 is 0 Å². The van der Waals surface area contributed by atoms with E-state index in [-0.39, 0.29) is 5.82 Å². The highest BCUT2D eigenvalue weighted by Gasteiger charge is 2.19. The van der Waals surface area contributed by atoms with E-state index < -0.39 is 0 Å². The summed E-state index contributed by atoms with van der Waals surface area (Å²) in [6.45, 7) is 11.6. The zero-order valence-corrected chi connectivity index (χ0v) is 17.4. The number of rotatable bonds is 8. The molecule has 0 N–H and O–H groups in total. The predicted octanol–water partition coefficient (Wildman–Crippen LogP) is 6.03. The van der Waals surface area contributed by atoms with Crippen LogP contribution >= 0.6 is 0 Å². The third-order valence-corrected chi connectivity index (χ3v) is 5.56. The van der Waals surface area contributed by atoms with Crippen molar-refractivity contribution in [2.75, 3.05) is 0 Å². The number of hydrogen-bond acceptors (Lipinski definition) is 1. The molecule has 2 nitrogen and oxygen atoms in total. The summed E-state index contributed by atoms with van der Waals surface area (Å²) in [5.74, 6) is 0.386. The molecule has 0 saturated heterocycles. The molecule has 0 bridgehead atoms. The average molecular weight is 379 g/mol. The zero-order valence-electron chi connectivity index (χ0n) is 17.4. The van der Waals surface area contributed by atoms with Crippen molar-refractivity contribution in [1.82, 2.24) is 9.47 Å². The fourth-order valence-corrected chi connectivity index (χ4v) is 3.55. The van der Waals surface area contributed by atoms with Gasteiger partial charge in [-0.05, 0) is 55.2 Å². The van der Waals surface area contributed by atoms with E-state index in [1.165, 1.54) is 29.0 Å². The molecule has 148 valence electrons. The van der Waals surface area contributed by atoms with E-state index >= 15 is 0 Å². The summed E-state index contributed by atoms with van der Waals surface area (Å²) in [6, 6.07) is 20.3. The van der Waals surface area contributed by atoms with Gasteiger partial charge in [0.05, 0.1) is 0 Å². The Kier molecular flexibility index (Phi) is 6.69. The van der Waals surface area contributed by atoms with Crippen LogP contribution in [0.25, 0.3) is 0 Å². The van der Waals surface area contributed by atoms with Crippen molar-refractivity contribution in [1.29, 1.82) is 0 Å². The molecule has 0 aliphatic heterocycles. The minimum absolute atomic E-state index is 0.188. The van der Waals surface area contributed by atoms with Crippen LogP contribution in [0.15, 0.2) is 66.9 Å². The van der Waals surface area contributed by atoms with Gasteiger partial charge in [0, 0.05) is 37.6 Å². The van der Waals surface area contributed by atoms with E-state index in [9.17, 15) is 4.39 Å². The average Bonchev–Trinajstić information content (AvgIpc) is 3.09. The molecule has 28 heavy (non-hydrogen) atoms. The monoisotopic (exact) mass is 378 g/mol. The lowest BCUT2D eigenvalue weighted by molar-refractivity contribution is 0.148. The summed E-state index contributed by atoms with van der Waals surface area (Å²) in [5, 5.41) is 0. The van der Waals surface area contributed by atoms with Crippen molar-refractivity contribution in [2.24, 2.45) is 5.92 Å². The fourth-order valence-electron chi connectivity index (χ4n) is 3.55. The summed E-state index contributed by atoms with van der Waals surface area (Å²) < 4.78 is 15.5. The van der Waals surface area contributed by atoms with Crippen LogP contribution in [0, 0.1) is 18.7 Å². The molecule has 3 rings (SSSR count). The highest BCUT2D eigenvalue weighted by atomic mass is 19.1. The highest BCUT2D eigenvalue weighted by molar-refractivity contribution is 5.23. The van der Waals surface area contributed by atoms with Crippen LogP contribution in [-0.2, 0) is 19.6 Å². The van der Waals surface area contributed by atoms with Crippen molar-refractivity contribution >= 4 is 0 Å². The molecule has 1 aromatic heterocycles. The molecule has 0 fully saturated rings. The largest absolute Gasteiger partial charge is 0.346 e. The van der Waals surface area contributed by atoms with Crippen LogP contribution in [0.3, 0.4) is 0 Å². The Morgan fingerprint density at radius 3 is 2.32 bits per heavy atom. The number of aromatic nitrogens is 1. The number of benzene rings is 2. The first-order valence-electron chi connectivity index (χ1n) is 10.1. The SMILES string of the molecule is Cc1cccc(CN(Cc2cccn2Cc2ccc(F)cc2)C(C)C(C)C)c1. The molecule has 0 radical (unpaired) electrons. The first-order valence-corrected chi connectivity index (χ1v) is 10.1. The van der Waals surface area contributed by atoms with Crippen molar-refractivity contribution < 1.29 is 4.39 Å². The molecule has 0 aliphatic carbocycles. The number of aryl methyl sites for hydroxylation is 1. The predicted molar refractivity (Wildman–Crippen MR) is 115 cm³/mol. The van der Waals surface area contributed by atoms with E-state index in [4.69, 9.17) is 0 Å². The Balaban J connectivity index is 1.79. The van der Waals surface area contributed by atoms with Crippen LogP contribution in [0.1, 0.15) is 43.2 Å². The molecule has 0 spiro atoms. The molecule has 1 heterocycles. The number of halogens is 1. The maximum absolute atomic E-state index is 13.2. The molecular formula is C25H31FN2. The molecular weight excluding hydrogens is 347 g/mol. The van der Waals surface area contributed by atoms with E-state index in [0.717, 1.165) is 25.2 Å². The minimum atomic E-state index is -0.188. The van der Waals surface area contributed by atoms with Gasteiger partial charge in [-0.3, -0.25) is 4.90 Å². The lowest BCUT2D eigenvalue weighted by Gasteiger charge is -2.32. The number of hydrogen-bond donors (Lipinski definition) is 0. The standard InChI is InChI=1S/C25H31FN2/c1-19(2)21(4)28(17-23-8-5-7-20(3)15-23)18-25-9-6-14-27(25)16-22-10-12-24(26)13-11-22/h5-15,19,21H,16-18H2,1-4H3. The summed E-state index contributed by atoms with van der Waals surface area (Å²) >= 11 is 0. The van der Waals surface area contributed by atoms with Crippen LogP contribution in [0.4, 0.5) is 4.39 Å². The Hall–Kier alpha value is -2.39. The van der Waals surface area contributed by atoms with Gasteiger partial charge in [-0.2, -0.15) is 0 Å². The normalized spacial score (nSPS) is 12.7. The zero-order chi connectivity index (χ0) is 20.1. The molecule has 0 saturated carbocycles. The van der Waals surface area contributed by atoms with Gasteiger partial charge in [0.2, 0.25) is 0 Å². The lowest BCUT2D eigenvalue weighted by atomic mass is 10.0. The molecule has 2 aromatic carbocycles. The van der Waals surface area contributed by atoms with E-state index in [0.29, 0.717) is 12.0 Å². The molecule has 0 aliphatic rings. The molecule has 3 aromatic rings. The van der Waals surface area contributed by atoms with Gasteiger partial charge in [0.15, 0.2) is 0 Å². The second kappa shape index (κ2) is 9.20.